The van der Waals surface area contributed by atoms with Gasteiger partial charge < -0.3 is 30.1 Å². The summed E-state index contributed by atoms with van der Waals surface area (Å²) in [5.74, 6) is -1.76. The molecule has 9 heteroatoms. The second kappa shape index (κ2) is 8.79. The lowest BCUT2D eigenvalue weighted by atomic mass is 10.1. The van der Waals surface area contributed by atoms with E-state index in [0.29, 0.717) is 5.56 Å². The van der Waals surface area contributed by atoms with Crippen molar-refractivity contribution in [2.75, 3.05) is 32.2 Å². The number of carbonyl (C=O) groups is 3. The van der Waals surface area contributed by atoms with E-state index >= 15 is 0 Å². The number of carboxylic acid groups (broad SMARTS) is 1. The minimum Gasteiger partial charge on any atom is -0.481 e. The van der Waals surface area contributed by atoms with Crippen LogP contribution in [0.1, 0.15) is 35.2 Å². The van der Waals surface area contributed by atoms with Crippen molar-refractivity contribution < 1.29 is 29.0 Å². The van der Waals surface area contributed by atoms with Crippen LogP contribution >= 0.6 is 0 Å². The van der Waals surface area contributed by atoms with Gasteiger partial charge in [-0.3, -0.25) is 14.4 Å². The Labute approximate surface area is 169 Å². The number of hydrogen-bond donors (Lipinski definition) is 2. The number of primary amides is 1. The Morgan fingerprint density at radius 1 is 1.31 bits per heavy atom. The van der Waals surface area contributed by atoms with E-state index < -0.39 is 17.9 Å². The van der Waals surface area contributed by atoms with Crippen LogP contribution in [-0.2, 0) is 25.6 Å². The van der Waals surface area contributed by atoms with Gasteiger partial charge in [0.1, 0.15) is 6.04 Å². The molecule has 2 amide bonds. The standard InChI is InChI=1S/C20H27N3O6/c1-28-20(29-2)12-7-8-22(10-12)14-3-4-15-13(9-14)11-23(19(15)27)16(18(21)26)5-6-17(24)25/h3-4,9,12,16,20H,5-8,10-11H2,1-2H3,(H2,21,26)(H,24,25). The van der Waals surface area contributed by atoms with Gasteiger partial charge in [0, 0.05) is 57.4 Å². The monoisotopic (exact) mass is 405 g/mol. The zero-order valence-corrected chi connectivity index (χ0v) is 16.7. The molecular weight excluding hydrogens is 378 g/mol. The summed E-state index contributed by atoms with van der Waals surface area (Å²) in [6.07, 6.45) is 0.458. The number of carboxylic acids is 1. The van der Waals surface area contributed by atoms with Crippen molar-refractivity contribution in [1.82, 2.24) is 4.90 Å². The molecule has 2 atom stereocenters. The molecule has 3 rings (SSSR count). The maximum Gasteiger partial charge on any atom is 0.303 e. The fourth-order valence-electron chi connectivity index (χ4n) is 4.22. The zero-order chi connectivity index (χ0) is 21.1. The van der Waals surface area contributed by atoms with Gasteiger partial charge in [-0.25, -0.2) is 0 Å². The van der Waals surface area contributed by atoms with E-state index in [1.165, 1.54) is 4.90 Å². The number of amides is 2. The van der Waals surface area contributed by atoms with Gasteiger partial charge in [0.15, 0.2) is 6.29 Å². The number of nitrogens with two attached hydrogens (primary N) is 1. The molecule has 158 valence electrons. The van der Waals surface area contributed by atoms with Gasteiger partial charge in [0.25, 0.3) is 5.91 Å². The molecule has 0 aromatic heterocycles. The van der Waals surface area contributed by atoms with Crippen LogP contribution in [0.3, 0.4) is 0 Å². The first-order chi connectivity index (χ1) is 13.8. The maximum absolute atomic E-state index is 12.8. The summed E-state index contributed by atoms with van der Waals surface area (Å²) < 4.78 is 10.7. The first kappa shape index (κ1) is 21.1. The second-order valence-corrected chi connectivity index (χ2v) is 7.46. The van der Waals surface area contributed by atoms with Crippen LogP contribution in [-0.4, -0.2) is 67.4 Å². The normalized spacial score (nSPS) is 19.7. The van der Waals surface area contributed by atoms with Crippen molar-refractivity contribution in [1.29, 1.82) is 0 Å². The summed E-state index contributed by atoms with van der Waals surface area (Å²) in [4.78, 5) is 39.1. The Morgan fingerprint density at radius 2 is 2.03 bits per heavy atom. The number of rotatable bonds is 9. The molecule has 1 aromatic carbocycles. The molecule has 9 nitrogen and oxygen atoms in total. The highest BCUT2D eigenvalue weighted by molar-refractivity contribution is 6.01. The number of benzene rings is 1. The molecule has 2 heterocycles. The molecule has 0 saturated carbocycles. The van der Waals surface area contributed by atoms with Crippen LogP contribution in [0.5, 0.6) is 0 Å². The van der Waals surface area contributed by atoms with Crippen LogP contribution < -0.4 is 10.6 Å². The van der Waals surface area contributed by atoms with Crippen LogP contribution in [0.15, 0.2) is 18.2 Å². The minimum atomic E-state index is -1.03. The van der Waals surface area contributed by atoms with Gasteiger partial charge in [-0.15, -0.1) is 0 Å². The van der Waals surface area contributed by atoms with Gasteiger partial charge in [-0.1, -0.05) is 0 Å². The summed E-state index contributed by atoms with van der Waals surface area (Å²) in [7, 11) is 3.26. The molecule has 0 aliphatic carbocycles. The molecule has 29 heavy (non-hydrogen) atoms. The third kappa shape index (κ3) is 4.35. The van der Waals surface area contributed by atoms with Crippen molar-refractivity contribution in [3.8, 4) is 0 Å². The van der Waals surface area contributed by atoms with Gasteiger partial charge in [0.2, 0.25) is 5.91 Å². The van der Waals surface area contributed by atoms with E-state index in [4.69, 9.17) is 20.3 Å². The minimum absolute atomic E-state index is 0.000477. The van der Waals surface area contributed by atoms with Crippen molar-refractivity contribution >= 4 is 23.5 Å². The molecule has 0 radical (unpaired) electrons. The van der Waals surface area contributed by atoms with Crippen molar-refractivity contribution in [3.05, 3.63) is 29.3 Å². The summed E-state index contributed by atoms with van der Waals surface area (Å²) in [6.45, 7) is 1.88. The smallest absolute Gasteiger partial charge is 0.303 e. The Balaban J connectivity index is 1.74. The van der Waals surface area contributed by atoms with Crippen molar-refractivity contribution in [3.63, 3.8) is 0 Å². The molecule has 1 saturated heterocycles. The lowest BCUT2D eigenvalue weighted by Crippen LogP contribution is -2.45. The lowest BCUT2D eigenvalue weighted by molar-refractivity contribution is -0.137. The quantitative estimate of drug-likeness (QED) is 0.583. The van der Waals surface area contributed by atoms with Crippen molar-refractivity contribution in [2.45, 2.75) is 38.1 Å². The van der Waals surface area contributed by atoms with Gasteiger partial charge in [-0.05, 0) is 36.6 Å². The summed E-state index contributed by atoms with van der Waals surface area (Å²) >= 11 is 0. The van der Waals surface area contributed by atoms with E-state index in [0.717, 1.165) is 30.8 Å². The molecule has 1 fully saturated rings. The first-order valence-corrected chi connectivity index (χ1v) is 9.61. The number of anilines is 1. The first-order valence-electron chi connectivity index (χ1n) is 9.61. The van der Waals surface area contributed by atoms with E-state index in [-0.39, 0.29) is 37.5 Å². The highest BCUT2D eigenvalue weighted by atomic mass is 16.7. The highest BCUT2D eigenvalue weighted by Crippen LogP contribution is 2.32. The van der Waals surface area contributed by atoms with Crippen LogP contribution in [0.25, 0.3) is 0 Å². The number of methoxy groups -OCH3 is 2. The van der Waals surface area contributed by atoms with E-state index in [9.17, 15) is 14.4 Å². The summed E-state index contributed by atoms with van der Waals surface area (Å²) in [6, 6.07) is 4.68. The predicted molar refractivity (Wildman–Crippen MR) is 104 cm³/mol. The van der Waals surface area contributed by atoms with Crippen LogP contribution in [0.2, 0.25) is 0 Å². The fraction of sp³-hybridized carbons (Fsp3) is 0.550. The van der Waals surface area contributed by atoms with Gasteiger partial charge in [0.05, 0.1) is 0 Å². The maximum atomic E-state index is 12.8. The van der Waals surface area contributed by atoms with Gasteiger partial charge >= 0.3 is 5.97 Å². The average Bonchev–Trinajstić information content (AvgIpc) is 3.28. The van der Waals surface area contributed by atoms with Crippen LogP contribution in [0, 0.1) is 5.92 Å². The molecule has 2 aliphatic heterocycles. The Hall–Kier alpha value is -2.65. The fourth-order valence-corrected chi connectivity index (χ4v) is 4.22. The molecule has 2 aliphatic rings. The number of ether oxygens (including phenoxy) is 2. The third-order valence-electron chi connectivity index (χ3n) is 5.70. The zero-order valence-electron chi connectivity index (χ0n) is 16.7. The highest BCUT2D eigenvalue weighted by Gasteiger charge is 2.36. The number of nitrogens with zero attached hydrogens (tertiary/aromatic N) is 2. The molecule has 2 unspecified atom stereocenters. The Morgan fingerprint density at radius 3 is 2.66 bits per heavy atom. The van der Waals surface area contributed by atoms with E-state index in [1.807, 2.05) is 12.1 Å². The Kier molecular flexibility index (Phi) is 6.39. The average molecular weight is 405 g/mol. The lowest BCUT2D eigenvalue weighted by Gasteiger charge is -2.24. The summed E-state index contributed by atoms with van der Waals surface area (Å²) in [5, 5.41) is 8.90. The number of hydrogen-bond acceptors (Lipinski definition) is 6. The largest absolute Gasteiger partial charge is 0.481 e. The summed E-state index contributed by atoms with van der Waals surface area (Å²) in [5.41, 5.74) is 7.77. The number of carbonyl (C=O) groups excluding carboxylic acids is 2. The SMILES string of the molecule is COC(OC)C1CCN(c2ccc3c(c2)CN(C(CCC(=O)O)C(N)=O)C3=O)C1. The van der Waals surface area contributed by atoms with Gasteiger partial charge in [-0.2, -0.15) is 0 Å². The second-order valence-electron chi connectivity index (χ2n) is 7.46. The van der Waals surface area contributed by atoms with Crippen LogP contribution in [0.4, 0.5) is 5.69 Å². The molecule has 1 aromatic rings. The topological polar surface area (TPSA) is 122 Å². The Bertz CT molecular complexity index is 794. The molecular formula is C20H27N3O6. The van der Waals surface area contributed by atoms with Crippen molar-refractivity contribution in [2.24, 2.45) is 11.7 Å². The molecule has 0 bridgehead atoms. The van der Waals surface area contributed by atoms with E-state index in [2.05, 4.69) is 4.90 Å². The molecule has 3 N–H and O–H groups in total. The predicted octanol–water partition coefficient (Wildman–Crippen LogP) is 0.806. The number of aliphatic carboxylic acids is 1. The number of fused-ring (bicyclic) bond motifs is 1. The third-order valence-corrected chi connectivity index (χ3v) is 5.70. The van der Waals surface area contributed by atoms with E-state index in [1.54, 1.807) is 20.3 Å². The molecule has 0 spiro atoms.